The van der Waals surface area contributed by atoms with Gasteiger partial charge in [0.25, 0.3) is 0 Å². The highest BCUT2D eigenvalue weighted by Gasteiger charge is 2.50. The highest BCUT2D eigenvalue weighted by molar-refractivity contribution is 5.37. The first-order chi connectivity index (χ1) is 14.3. The zero-order valence-electron chi connectivity index (χ0n) is 19.9. The van der Waals surface area contributed by atoms with Crippen molar-refractivity contribution in [2.45, 2.75) is 91.6 Å². The molecule has 4 fully saturated rings. The molecule has 0 aliphatic heterocycles. The molecule has 0 aromatic carbocycles. The Balaban J connectivity index is 1.48. The van der Waals surface area contributed by atoms with Gasteiger partial charge < -0.3 is 5.11 Å². The molecule has 30 heavy (non-hydrogen) atoms. The smallest absolute Gasteiger partial charge is 0.0749 e. The van der Waals surface area contributed by atoms with Crippen molar-refractivity contribution in [2.24, 2.45) is 40.9 Å². The molecule has 4 rings (SSSR count). The predicted octanol–water partition coefficient (Wildman–Crippen LogP) is 7.64. The van der Waals surface area contributed by atoms with Gasteiger partial charge in [-0.3, -0.25) is 0 Å². The second-order valence-electron chi connectivity index (χ2n) is 11.6. The number of rotatable bonds is 5. The lowest BCUT2D eigenvalue weighted by molar-refractivity contribution is 0.111. The van der Waals surface area contributed by atoms with Gasteiger partial charge in [-0.25, -0.2) is 0 Å². The Morgan fingerprint density at radius 2 is 1.87 bits per heavy atom. The van der Waals surface area contributed by atoms with E-state index in [9.17, 15) is 5.11 Å². The maximum Gasteiger partial charge on any atom is 0.0749 e. The maximum atomic E-state index is 10.3. The van der Waals surface area contributed by atoms with Crippen molar-refractivity contribution >= 4 is 0 Å². The molecule has 166 valence electrons. The van der Waals surface area contributed by atoms with Crippen LogP contribution in [-0.2, 0) is 0 Å². The molecular formula is C29H44O. The van der Waals surface area contributed by atoms with Gasteiger partial charge in [0.05, 0.1) is 6.10 Å². The van der Waals surface area contributed by atoms with Crippen LogP contribution in [0.15, 0.2) is 47.6 Å². The normalized spacial score (nSPS) is 42.1. The van der Waals surface area contributed by atoms with Gasteiger partial charge in [0, 0.05) is 0 Å². The van der Waals surface area contributed by atoms with E-state index in [0.29, 0.717) is 23.2 Å². The minimum Gasteiger partial charge on any atom is -0.389 e. The van der Waals surface area contributed by atoms with Crippen LogP contribution in [0.3, 0.4) is 0 Å². The third-order valence-corrected chi connectivity index (χ3v) is 9.22. The molecule has 0 bridgehead atoms. The van der Waals surface area contributed by atoms with E-state index in [1.54, 1.807) is 5.57 Å². The molecule has 1 heteroatoms. The van der Waals surface area contributed by atoms with E-state index in [2.05, 4.69) is 58.6 Å². The molecule has 0 unspecified atom stereocenters. The number of allylic oxidation sites excluding steroid dienone is 6. The van der Waals surface area contributed by atoms with Crippen molar-refractivity contribution in [1.29, 1.82) is 0 Å². The van der Waals surface area contributed by atoms with Gasteiger partial charge in [0.1, 0.15) is 0 Å². The lowest BCUT2D eigenvalue weighted by atomic mass is 9.61. The quantitative estimate of drug-likeness (QED) is 0.463. The number of fused-ring (bicyclic) bond motifs is 1. The summed E-state index contributed by atoms with van der Waals surface area (Å²) in [6.07, 6.45) is 20.7. The molecule has 0 spiro atoms. The van der Waals surface area contributed by atoms with Gasteiger partial charge in [0.15, 0.2) is 0 Å². The minimum absolute atomic E-state index is 0.209. The zero-order valence-corrected chi connectivity index (χ0v) is 19.9. The maximum absolute atomic E-state index is 10.3. The summed E-state index contributed by atoms with van der Waals surface area (Å²) >= 11 is 0. The second kappa shape index (κ2) is 8.81. The highest BCUT2D eigenvalue weighted by Crippen LogP contribution is 2.59. The van der Waals surface area contributed by atoms with Crippen LogP contribution in [0.4, 0.5) is 0 Å². The van der Waals surface area contributed by atoms with Crippen molar-refractivity contribution in [3.05, 3.63) is 47.6 Å². The molecule has 4 saturated carbocycles. The van der Waals surface area contributed by atoms with E-state index < -0.39 is 0 Å². The van der Waals surface area contributed by atoms with Crippen molar-refractivity contribution in [2.75, 3.05) is 0 Å². The topological polar surface area (TPSA) is 20.2 Å². The zero-order chi connectivity index (χ0) is 21.5. The van der Waals surface area contributed by atoms with E-state index in [0.717, 1.165) is 17.8 Å². The van der Waals surface area contributed by atoms with Crippen LogP contribution in [0.25, 0.3) is 0 Å². The lowest BCUT2D eigenvalue weighted by Crippen LogP contribution is -2.35. The van der Waals surface area contributed by atoms with E-state index in [1.165, 1.54) is 68.9 Å². The first-order valence-electron chi connectivity index (χ1n) is 12.7. The van der Waals surface area contributed by atoms with Gasteiger partial charge in [0.2, 0.25) is 0 Å². The Morgan fingerprint density at radius 1 is 1.10 bits per heavy atom. The molecule has 0 radical (unpaired) electrons. The molecule has 0 aromatic heterocycles. The van der Waals surface area contributed by atoms with Gasteiger partial charge in [-0.2, -0.15) is 0 Å². The van der Waals surface area contributed by atoms with Crippen LogP contribution in [0.1, 0.15) is 85.5 Å². The Bertz CT molecular complexity index is 735. The molecular weight excluding hydrogens is 364 g/mol. The van der Waals surface area contributed by atoms with E-state index in [1.807, 2.05) is 0 Å². The first kappa shape index (κ1) is 22.1. The predicted molar refractivity (Wildman–Crippen MR) is 128 cm³/mol. The molecule has 0 aromatic rings. The fourth-order valence-corrected chi connectivity index (χ4v) is 7.20. The van der Waals surface area contributed by atoms with Crippen LogP contribution in [-0.4, -0.2) is 11.2 Å². The largest absolute Gasteiger partial charge is 0.389 e. The van der Waals surface area contributed by atoms with Crippen molar-refractivity contribution in [3.8, 4) is 0 Å². The van der Waals surface area contributed by atoms with Crippen molar-refractivity contribution in [1.82, 2.24) is 0 Å². The molecule has 4 aliphatic rings. The van der Waals surface area contributed by atoms with Crippen LogP contribution in [0.2, 0.25) is 0 Å². The molecule has 0 saturated heterocycles. The number of hydrogen-bond acceptors (Lipinski definition) is 1. The van der Waals surface area contributed by atoms with Gasteiger partial charge in [-0.05, 0) is 110 Å². The second-order valence-corrected chi connectivity index (χ2v) is 11.6. The Labute approximate surface area is 185 Å². The summed E-state index contributed by atoms with van der Waals surface area (Å²) in [4.78, 5) is 0. The fourth-order valence-electron chi connectivity index (χ4n) is 7.20. The Hall–Kier alpha value is -1.08. The summed E-state index contributed by atoms with van der Waals surface area (Å²) in [5.74, 6) is 3.99. The third kappa shape index (κ3) is 4.43. The summed E-state index contributed by atoms with van der Waals surface area (Å²) in [6, 6.07) is 0. The molecule has 0 amide bonds. The summed E-state index contributed by atoms with van der Waals surface area (Å²) in [5.41, 5.74) is 4.99. The molecule has 7 atom stereocenters. The fraction of sp³-hybridized carbons (Fsp3) is 0.724. The van der Waals surface area contributed by atoms with Crippen LogP contribution < -0.4 is 0 Å². The molecule has 1 N–H and O–H groups in total. The molecule has 0 heterocycles. The number of aliphatic hydroxyl groups excluding tert-OH is 1. The number of hydrogen-bond donors (Lipinski definition) is 1. The van der Waals surface area contributed by atoms with Crippen molar-refractivity contribution in [3.63, 3.8) is 0 Å². The lowest BCUT2D eigenvalue weighted by Gasteiger charge is -2.44. The van der Waals surface area contributed by atoms with E-state index in [-0.39, 0.29) is 6.10 Å². The number of aliphatic hydroxyl groups is 1. The average molecular weight is 409 g/mol. The Kier molecular flexibility index (Phi) is 6.50. The summed E-state index contributed by atoms with van der Waals surface area (Å²) in [6.45, 7) is 14.1. The third-order valence-electron chi connectivity index (χ3n) is 9.22. The van der Waals surface area contributed by atoms with Crippen LogP contribution >= 0.6 is 0 Å². The van der Waals surface area contributed by atoms with Gasteiger partial charge >= 0.3 is 0 Å². The Morgan fingerprint density at radius 3 is 2.60 bits per heavy atom. The monoisotopic (exact) mass is 408 g/mol. The van der Waals surface area contributed by atoms with Gasteiger partial charge in [-0.15, -0.1) is 0 Å². The summed E-state index contributed by atoms with van der Waals surface area (Å²) < 4.78 is 0. The summed E-state index contributed by atoms with van der Waals surface area (Å²) in [7, 11) is 0. The SMILES string of the molecule is C=C1/C(=C/C=C2\CCC[C@@]3(C)[C@H]2CC[C@H]3[C@H](C)/C=C/[C@H](O)C2CC2)C[C@@H](C)C[C@@H]1C. The molecule has 4 aliphatic carbocycles. The van der Waals surface area contributed by atoms with Crippen molar-refractivity contribution < 1.29 is 5.11 Å². The molecule has 1 nitrogen and oxygen atoms in total. The van der Waals surface area contributed by atoms with E-state index >= 15 is 0 Å². The van der Waals surface area contributed by atoms with Gasteiger partial charge in [-0.1, -0.05) is 64.2 Å². The minimum atomic E-state index is -0.209. The summed E-state index contributed by atoms with van der Waals surface area (Å²) in [5, 5.41) is 10.3. The average Bonchev–Trinajstić information content (AvgIpc) is 3.49. The standard InChI is InChI=1S/C29H44O/c1-19-17-21(3)22(4)25(18-19)12-9-23-7-6-16-29(5)26(13-14-27(23)29)20(2)8-15-28(30)24-10-11-24/h8-9,12,15,19-21,24,26-28,30H,4,6-7,10-11,13-14,16-18H2,1-3,5H3/b15-8+,23-9+,25-12+/t19-,20+,21-,26-,27-,28-,29+/m0/s1. The van der Waals surface area contributed by atoms with E-state index in [4.69, 9.17) is 0 Å². The highest BCUT2D eigenvalue weighted by atomic mass is 16.3. The van der Waals surface area contributed by atoms with Crippen LogP contribution in [0.5, 0.6) is 0 Å². The van der Waals surface area contributed by atoms with Crippen LogP contribution in [0, 0.1) is 40.9 Å². The first-order valence-corrected chi connectivity index (χ1v) is 12.7.